The molecule has 18 heavy (non-hydrogen) atoms. The first-order chi connectivity index (χ1) is 8.50. The lowest BCUT2D eigenvalue weighted by Gasteiger charge is -2.41. The quantitative estimate of drug-likeness (QED) is 0.747. The number of hydrogen-bond acceptors (Lipinski definition) is 3. The second kappa shape index (κ2) is 5.45. The SMILES string of the molecule is CCCCCN1C2(CCNC(C)C2)CNS1(=O)=O. The summed E-state index contributed by atoms with van der Waals surface area (Å²) in [6.07, 6.45) is 4.99. The minimum absolute atomic E-state index is 0.183. The third-order valence-corrected chi connectivity index (χ3v) is 5.80. The number of nitrogens with one attached hydrogen (secondary N) is 2. The summed E-state index contributed by atoms with van der Waals surface area (Å²) in [6, 6.07) is 0.391. The predicted molar refractivity (Wildman–Crippen MR) is 72.6 cm³/mol. The van der Waals surface area contributed by atoms with Gasteiger partial charge in [-0.2, -0.15) is 12.7 Å². The molecule has 0 aliphatic carbocycles. The molecule has 2 fully saturated rings. The lowest BCUT2D eigenvalue weighted by atomic mass is 9.84. The van der Waals surface area contributed by atoms with Crippen molar-refractivity contribution in [2.24, 2.45) is 0 Å². The molecule has 0 saturated carbocycles. The average molecular weight is 275 g/mol. The van der Waals surface area contributed by atoms with E-state index in [9.17, 15) is 8.42 Å². The number of nitrogens with zero attached hydrogens (tertiary/aromatic N) is 1. The highest BCUT2D eigenvalue weighted by Gasteiger charge is 2.50. The molecule has 2 atom stereocenters. The number of hydrogen-bond donors (Lipinski definition) is 2. The molecule has 1 spiro atoms. The van der Waals surface area contributed by atoms with Crippen molar-refractivity contribution in [1.82, 2.24) is 14.3 Å². The normalized spacial score (nSPS) is 36.2. The van der Waals surface area contributed by atoms with Crippen LogP contribution >= 0.6 is 0 Å². The molecular formula is C12H25N3O2S. The molecule has 0 aromatic carbocycles. The van der Waals surface area contributed by atoms with Gasteiger partial charge in [-0.05, 0) is 32.7 Å². The van der Waals surface area contributed by atoms with Gasteiger partial charge in [-0.1, -0.05) is 19.8 Å². The van der Waals surface area contributed by atoms with E-state index in [4.69, 9.17) is 0 Å². The molecule has 0 aromatic heterocycles. The summed E-state index contributed by atoms with van der Waals surface area (Å²) in [5, 5.41) is 3.40. The summed E-state index contributed by atoms with van der Waals surface area (Å²) in [4.78, 5) is 0. The van der Waals surface area contributed by atoms with E-state index < -0.39 is 10.2 Å². The number of unbranched alkanes of at least 4 members (excludes halogenated alkanes) is 2. The van der Waals surface area contributed by atoms with Crippen molar-refractivity contribution in [3.63, 3.8) is 0 Å². The average Bonchev–Trinajstić information content (AvgIpc) is 2.54. The molecule has 6 heteroatoms. The van der Waals surface area contributed by atoms with Crippen molar-refractivity contribution in [3.05, 3.63) is 0 Å². The Bertz CT molecular complexity index is 385. The number of rotatable bonds is 4. The van der Waals surface area contributed by atoms with Crippen LogP contribution in [0.1, 0.15) is 46.0 Å². The van der Waals surface area contributed by atoms with Gasteiger partial charge in [-0.25, -0.2) is 4.72 Å². The third kappa shape index (κ3) is 2.71. The van der Waals surface area contributed by atoms with Crippen LogP contribution in [0.25, 0.3) is 0 Å². The van der Waals surface area contributed by atoms with Gasteiger partial charge in [0.25, 0.3) is 10.2 Å². The Labute approximate surface area is 110 Å². The summed E-state index contributed by atoms with van der Waals surface area (Å²) in [5.41, 5.74) is -0.183. The summed E-state index contributed by atoms with van der Waals surface area (Å²) >= 11 is 0. The zero-order valence-corrected chi connectivity index (χ0v) is 12.2. The van der Waals surface area contributed by atoms with Crippen LogP contribution < -0.4 is 10.0 Å². The molecule has 106 valence electrons. The minimum Gasteiger partial charge on any atom is -0.314 e. The van der Waals surface area contributed by atoms with Crippen molar-refractivity contribution in [2.75, 3.05) is 19.6 Å². The van der Waals surface area contributed by atoms with Crippen molar-refractivity contribution in [2.45, 2.75) is 57.5 Å². The third-order valence-electron chi connectivity index (χ3n) is 4.14. The van der Waals surface area contributed by atoms with Crippen LogP contribution in [0.3, 0.4) is 0 Å². The van der Waals surface area contributed by atoms with E-state index >= 15 is 0 Å². The lowest BCUT2D eigenvalue weighted by Crippen LogP contribution is -2.56. The van der Waals surface area contributed by atoms with E-state index in [1.54, 1.807) is 4.31 Å². The maximum atomic E-state index is 12.1. The Morgan fingerprint density at radius 2 is 2.17 bits per heavy atom. The highest BCUT2D eigenvalue weighted by molar-refractivity contribution is 7.87. The van der Waals surface area contributed by atoms with Crippen LogP contribution in [-0.4, -0.2) is 43.9 Å². The van der Waals surface area contributed by atoms with Crippen molar-refractivity contribution < 1.29 is 8.42 Å². The monoisotopic (exact) mass is 275 g/mol. The summed E-state index contributed by atoms with van der Waals surface area (Å²) in [5.74, 6) is 0. The molecule has 0 bridgehead atoms. The number of piperidine rings is 1. The maximum Gasteiger partial charge on any atom is 0.280 e. The van der Waals surface area contributed by atoms with Crippen LogP contribution in [0.2, 0.25) is 0 Å². The van der Waals surface area contributed by atoms with E-state index in [2.05, 4.69) is 23.9 Å². The van der Waals surface area contributed by atoms with Gasteiger partial charge in [0.15, 0.2) is 0 Å². The van der Waals surface area contributed by atoms with E-state index in [-0.39, 0.29) is 5.54 Å². The predicted octanol–water partition coefficient (Wildman–Crippen LogP) is 0.837. The van der Waals surface area contributed by atoms with Gasteiger partial charge in [-0.3, -0.25) is 0 Å². The summed E-state index contributed by atoms with van der Waals surface area (Å²) in [7, 11) is -3.24. The standard InChI is InChI=1S/C12H25N3O2S/c1-3-4-5-8-15-12(10-14-18(15,16)17)6-7-13-11(2)9-12/h11,13-14H,3-10H2,1-2H3. The molecule has 0 radical (unpaired) electrons. The molecule has 0 amide bonds. The second-order valence-electron chi connectivity index (χ2n) is 5.64. The van der Waals surface area contributed by atoms with E-state index in [0.29, 0.717) is 19.1 Å². The molecule has 2 heterocycles. The molecule has 5 nitrogen and oxygen atoms in total. The Kier molecular flexibility index (Phi) is 4.31. The zero-order chi connectivity index (χ0) is 13.2. The highest BCUT2D eigenvalue weighted by Crippen LogP contribution is 2.34. The van der Waals surface area contributed by atoms with Crippen LogP contribution in [0.5, 0.6) is 0 Å². The van der Waals surface area contributed by atoms with Crippen molar-refractivity contribution >= 4 is 10.2 Å². The van der Waals surface area contributed by atoms with Gasteiger partial charge in [0.1, 0.15) is 0 Å². The van der Waals surface area contributed by atoms with Crippen LogP contribution in [-0.2, 0) is 10.2 Å². The maximum absolute atomic E-state index is 12.1. The Balaban J connectivity index is 2.13. The molecule has 0 aromatic rings. The minimum atomic E-state index is -3.24. The summed E-state index contributed by atoms with van der Waals surface area (Å²) in [6.45, 7) is 6.42. The highest BCUT2D eigenvalue weighted by atomic mass is 32.2. The molecule has 2 aliphatic heterocycles. The first-order valence-corrected chi connectivity index (χ1v) is 8.45. The first-order valence-electron chi connectivity index (χ1n) is 7.01. The fourth-order valence-corrected chi connectivity index (χ4v) is 4.91. The van der Waals surface area contributed by atoms with Gasteiger partial charge >= 0.3 is 0 Å². The Morgan fingerprint density at radius 1 is 1.39 bits per heavy atom. The van der Waals surface area contributed by atoms with Crippen LogP contribution in [0.15, 0.2) is 0 Å². The molecule has 2 saturated heterocycles. The summed E-state index contributed by atoms with van der Waals surface area (Å²) < 4.78 is 28.7. The largest absolute Gasteiger partial charge is 0.314 e. The zero-order valence-electron chi connectivity index (χ0n) is 11.4. The lowest BCUT2D eigenvalue weighted by molar-refractivity contribution is 0.140. The molecule has 2 rings (SSSR count). The van der Waals surface area contributed by atoms with Crippen LogP contribution in [0.4, 0.5) is 0 Å². The van der Waals surface area contributed by atoms with Crippen molar-refractivity contribution in [3.8, 4) is 0 Å². The molecule has 2 unspecified atom stereocenters. The fourth-order valence-electron chi connectivity index (χ4n) is 3.19. The van der Waals surface area contributed by atoms with Gasteiger partial charge < -0.3 is 5.32 Å². The Morgan fingerprint density at radius 3 is 2.83 bits per heavy atom. The second-order valence-corrected chi connectivity index (χ2v) is 7.32. The first kappa shape index (κ1) is 14.2. The van der Waals surface area contributed by atoms with Gasteiger partial charge in [0.05, 0.1) is 5.54 Å². The molecular weight excluding hydrogens is 250 g/mol. The van der Waals surface area contributed by atoms with Gasteiger partial charge in [0, 0.05) is 19.1 Å². The van der Waals surface area contributed by atoms with E-state index in [1.807, 2.05) is 0 Å². The smallest absolute Gasteiger partial charge is 0.280 e. The van der Waals surface area contributed by atoms with E-state index in [1.165, 1.54) is 0 Å². The Hall–Kier alpha value is -0.170. The van der Waals surface area contributed by atoms with Gasteiger partial charge in [-0.15, -0.1) is 0 Å². The van der Waals surface area contributed by atoms with Crippen molar-refractivity contribution in [1.29, 1.82) is 0 Å². The fraction of sp³-hybridized carbons (Fsp3) is 1.00. The van der Waals surface area contributed by atoms with Crippen LogP contribution in [0, 0.1) is 0 Å². The molecule has 2 aliphatic rings. The topological polar surface area (TPSA) is 61.4 Å². The molecule has 2 N–H and O–H groups in total. The van der Waals surface area contributed by atoms with E-state index in [0.717, 1.165) is 38.6 Å². The van der Waals surface area contributed by atoms with Gasteiger partial charge in [0.2, 0.25) is 0 Å².